The molecule has 4 aliphatic rings. The maximum atomic E-state index is 6.77. The van der Waals surface area contributed by atoms with Crippen LogP contribution >= 0.6 is 0 Å². The molecule has 0 aromatic rings. The van der Waals surface area contributed by atoms with Gasteiger partial charge in [-0.1, -0.05) is 72.5 Å². The molecule has 0 spiro atoms. The summed E-state index contributed by atoms with van der Waals surface area (Å²) in [5.74, 6) is 5.27. The highest BCUT2D eigenvalue weighted by molar-refractivity contribution is 5.15. The van der Waals surface area contributed by atoms with Crippen LogP contribution in [-0.2, 0) is 9.47 Å². The lowest BCUT2D eigenvalue weighted by molar-refractivity contribution is -0.220. The molecule has 4 rings (SSSR count). The smallest absolute Gasteiger partial charge is 0.0648 e. The lowest BCUT2D eigenvalue weighted by Crippen LogP contribution is -2.63. The molecule has 11 atom stereocenters. The monoisotopic (exact) mass is 470 g/mol. The van der Waals surface area contributed by atoms with Gasteiger partial charge in [0.15, 0.2) is 0 Å². The zero-order valence-corrected chi connectivity index (χ0v) is 23.1. The molecule has 0 saturated heterocycles. The number of hydrogen-bond donors (Lipinski definition) is 0. The van der Waals surface area contributed by atoms with Crippen molar-refractivity contribution in [3.05, 3.63) is 25.3 Å². The zero-order chi connectivity index (χ0) is 24.5. The van der Waals surface area contributed by atoms with Crippen LogP contribution in [0.15, 0.2) is 25.3 Å². The second kappa shape index (κ2) is 10.8. The van der Waals surface area contributed by atoms with Crippen LogP contribution in [-0.4, -0.2) is 25.4 Å². The van der Waals surface area contributed by atoms with E-state index < -0.39 is 0 Å². The quantitative estimate of drug-likeness (QED) is 0.298. The highest BCUT2D eigenvalue weighted by atomic mass is 16.5. The Bertz CT molecular complexity index is 701. The Balaban J connectivity index is 1.71. The summed E-state index contributed by atoms with van der Waals surface area (Å²) in [6.07, 6.45) is 18.1. The summed E-state index contributed by atoms with van der Waals surface area (Å²) in [7, 11) is 0. The van der Waals surface area contributed by atoms with E-state index in [-0.39, 0.29) is 5.41 Å². The summed E-state index contributed by atoms with van der Waals surface area (Å²) >= 11 is 0. The van der Waals surface area contributed by atoms with E-state index in [1.54, 1.807) is 0 Å². The van der Waals surface area contributed by atoms with Crippen LogP contribution in [0.3, 0.4) is 0 Å². The number of ether oxygens (including phenoxy) is 2. The average molecular weight is 471 g/mol. The molecule has 0 amide bonds. The number of hydrogen-bond acceptors (Lipinski definition) is 2. The Kier molecular flexibility index (Phi) is 8.40. The van der Waals surface area contributed by atoms with Crippen molar-refractivity contribution in [3.63, 3.8) is 0 Å². The van der Waals surface area contributed by atoms with E-state index in [9.17, 15) is 0 Å². The van der Waals surface area contributed by atoms with Gasteiger partial charge in [-0.25, -0.2) is 0 Å². The van der Waals surface area contributed by atoms with Crippen LogP contribution in [0.2, 0.25) is 0 Å². The predicted octanol–water partition coefficient (Wildman–Crippen LogP) is 8.47. The molecular weight excluding hydrogens is 416 g/mol. The fourth-order valence-electron chi connectivity index (χ4n) is 9.84. The van der Waals surface area contributed by atoms with Gasteiger partial charge in [-0.15, -0.1) is 13.2 Å². The lowest BCUT2D eigenvalue weighted by atomic mass is 9.42. The van der Waals surface area contributed by atoms with Crippen molar-refractivity contribution in [2.75, 3.05) is 13.2 Å². The van der Waals surface area contributed by atoms with Gasteiger partial charge in [0.05, 0.1) is 25.4 Å². The van der Waals surface area contributed by atoms with Crippen LogP contribution in [0.4, 0.5) is 0 Å². The highest BCUT2D eigenvalue weighted by Crippen LogP contribution is 2.69. The van der Waals surface area contributed by atoms with Gasteiger partial charge >= 0.3 is 0 Å². The standard InChI is InChI=1S/C32H54O2/c1-8-11-12-23(5)25-13-14-26-30-27(21-29(32(25,26)7)34-18-10-3)31(6)16-15-22(4)19-24(31)20-28(30)33-17-9-2/h9-10,22-30H,2-3,8,11-21H2,1,4-7H3/t22-,23-,24+,25-,26+,27+,28-,29+,30+,31+,32-/m1/s1. The first kappa shape index (κ1) is 26.5. The van der Waals surface area contributed by atoms with Crippen molar-refractivity contribution < 1.29 is 9.47 Å². The maximum Gasteiger partial charge on any atom is 0.0648 e. The Morgan fingerprint density at radius 2 is 1.71 bits per heavy atom. The van der Waals surface area contributed by atoms with E-state index in [1.165, 1.54) is 64.2 Å². The Labute approximate surface area is 211 Å². The average Bonchev–Trinajstić information content (AvgIpc) is 3.18. The van der Waals surface area contributed by atoms with Gasteiger partial charge in [-0.05, 0) is 85.4 Å². The molecule has 0 heterocycles. The highest BCUT2D eigenvalue weighted by Gasteiger charge is 2.66. The van der Waals surface area contributed by atoms with Crippen LogP contribution in [0.25, 0.3) is 0 Å². The van der Waals surface area contributed by atoms with E-state index in [0.717, 1.165) is 23.7 Å². The van der Waals surface area contributed by atoms with Gasteiger partial charge < -0.3 is 9.47 Å². The third-order valence-corrected chi connectivity index (χ3v) is 11.6. The van der Waals surface area contributed by atoms with Gasteiger partial charge in [0.2, 0.25) is 0 Å². The van der Waals surface area contributed by atoms with Crippen molar-refractivity contribution in [3.8, 4) is 0 Å². The molecule has 194 valence electrons. The van der Waals surface area contributed by atoms with Crippen molar-refractivity contribution in [2.24, 2.45) is 52.3 Å². The molecule has 0 unspecified atom stereocenters. The third-order valence-electron chi connectivity index (χ3n) is 11.6. The molecule has 0 N–H and O–H groups in total. The number of unbranched alkanes of at least 4 members (excludes halogenated alkanes) is 1. The lowest BCUT2D eigenvalue weighted by Gasteiger charge is -2.64. The van der Waals surface area contributed by atoms with Crippen molar-refractivity contribution in [2.45, 2.75) is 111 Å². The van der Waals surface area contributed by atoms with Crippen molar-refractivity contribution in [1.82, 2.24) is 0 Å². The molecular formula is C32H54O2. The predicted molar refractivity (Wildman–Crippen MR) is 144 cm³/mol. The largest absolute Gasteiger partial charge is 0.374 e. The molecule has 2 nitrogen and oxygen atoms in total. The maximum absolute atomic E-state index is 6.77. The molecule has 0 aromatic heterocycles. The molecule has 4 saturated carbocycles. The molecule has 4 aliphatic carbocycles. The summed E-state index contributed by atoms with van der Waals surface area (Å²) in [5, 5.41) is 0. The Morgan fingerprint density at radius 1 is 0.971 bits per heavy atom. The Morgan fingerprint density at radius 3 is 2.41 bits per heavy atom. The Hall–Kier alpha value is -0.600. The van der Waals surface area contributed by atoms with Crippen LogP contribution in [0.5, 0.6) is 0 Å². The summed E-state index contributed by atoms with van der Waals surface area (Å²) in [6, 6.07) is 0. The second-order valence-corrected chi connectivity index (χ2v) is 13.3. The third kappa shape index (κ3) is 4.49. The first-order valence-corrected chi connectivity index (χ1v) is 14.8. The minimum Gasteiger partial charge on any atom is -0.374 e. The van der Waals surface area contributed by atoms with E-state index in [4.69, 9.17) is 9.47 Å². The fourth-order valence-corrected chi connectivity index (χ4v) is 9.84. The van der Waals surface area contributed by atoms with E-state index in [0.29, 0.717) is 48.6 Å². The van der Waals surface area contributed by atoms with E-state index in [2.05, 4.69) is 47.8 Å². The molecule has 0 aliphatic heterocycles. The van der Waals surface area contributed by atoms with Crippen LogP contribution < -0.4 is 0 Å². The fraction of sp³-hybridized carbons (Fsp3) is 0.875. The molecule has 2 heteroatoms. The minimum absolute atomic E-state index is 0.248. The van der Waals surface area contributed by atoms with Gasteiger partial charge in [0, 0.05) is 5.41 Å². The zero-order valence-electron chi connectivity index (χ0n) is 23.1. The van der Waals surface area contributed by atoms with E-state index >= 15 is 0 Å². The number of rotatable bonds is 10. The normalized spacial score (nSPS) is 46.7. The van der Waals surface area contributed by atoms with Crippen molar-refractivity contribution in [1.29, 1.82) is 0 Å². The van der Waals surface area contributed by atoms with Gasteiger partial charge in [0.25, 0.3) is 0 Å². The number of fused-ring (bicyclic) bond motifs is 5. The van der Waals surface area contributed by atoms with Gasteiger partial charge in [-0.2, -0.15) is 0 Å². The van der Waals surface area contributed by atoms with E-state index in [1.807, 2.05) is 12.2 Å². The summed E-state index contributed by atoms with van der Waals surface area (Å²) in [5.41, 5.74) is 0.687. The molecule has 0 aromatic carbocycles. The topological polar surface area (TPSA) is 18.5 Å². The minimum atomic E-state index is 0.248. The molecule has 0 radical (unpaired) electrons. The molecule has 4 fully saturated rings. The summed E-state index contributed by atoms with van der Waals surface area (Å²) < 4.78 is 13.5. The van der Waals surface area contributed by atoms with Gasteiger partial charge in [0.1, 0.15) is 0 Å². The van der Waals surface area contributed by atoms with Gasteiger partial charge in [-0.3, -0.25) is 0 Å². The summed E-state index contributed by atoms with van der Waals surface area (Å²) in [6.45, 7) is 22.0. The first-order chi connectivity index (χ1) is 16.3. The first-order valence-electron chi connectivity index (χ1n) is 14.8. The SMILES string of the molecule is C=CCO[C@H]1C[C@H]2[C@@H]([C@H](OCC=C)C[C@@H]3C[C@H](C)CC[C@@]32C)[C@@H]2CC[C@H]([C@H](C)CCCC)[C@@]12C. The molecule has 34 heavy (non-hydrogen) atoms. The second-order valence-electron chi connectivity index (χ2n) is 13.3. The van der Waals surface area contributed by atoms with Crippen LogP contribution in [0.1, 0.15) is 98.8 Å². The van der Waals surface area contributed by atoms with Crippen LogP contribution in [0, 0.1) is 52.3 Å². The molecule has 0 bridgehead atoms. The summed E-state index contributed by atoms with van der Waals surface area (Å²) in [4.78, 5) is 0. The van der Waals surface area contributed by atoms with Crippen molar-refractivity contribution >= 4 is 0 Å².